The molecule has 7 nitrogen and oxygen atoms in total. The molecular formula is C29H40O7Si. The Morgan fingerprint density at radius 2 is 1.54 bits per heavy atom. The predicted molar refractivity (Wildman–Crippen MR) is 150 cm³/mol. The number of furan rings is 1. The fraction of sp³-hybridized carbons (Fsp3) is 0.483. The van der Waals surface area contributed by atoms with Crippen LogP contribution in [0.4, 0.5) is 0 Å². The summed E-state index contributed by atoms with van der Waals surface area (Å²) in [7, 11) is 3.15. The Hall–Kier alpha value is -3.13. The smallest absolute Gasteiger partial charge is 0.205 e. The minimum atomic E-state index is -1.45. The van der Waals surface area contributed by atoms with Crippen LogP contribution < -0.4 is 28.9 Å². The molecule has 0 bridgehead atoms. The number of rotatable bonds is 10. The summed E-state index contributed by atoms with van der Waals surface area (Å²) < 4.78 is 35.4. The van der Waals surface area contributed by atoms with Crippen molar-refractivity contribution in [1.82, 2.24) is 0 Å². The summed E-state index contributed by atoms with van der Waals surface area (Å²) in [4.78, 5) is 14.4. The molecule has 8 heteroatoms. The Morgan fingerprint density at radius 3 is 1.97 bits per heavy atom. The molecule has 0 saturated carbocycles. The van der Waals surface area contributed by atoms with Crippen LogP contribution >= 0.6 is 0 Å². The first-order valence-electron chi connectivity index (χ1n) is 12.7. The third kappa shape index (κ3) is 5.44. The Bertz CT molecular complexity index is 1260. The highest BCUT2D eigenvalue weighted by molar-refractivity contribution is 6.73. The molecule has 0 N–H and O–H groups in total. The number of ether oxygens (including phenoxy) is 5. The van der Waals surface area contributed by atoms with E-state index in [0.717, 1.165) is 10.6 Å². The summed E-state index contributed by atoms with van der Waals surface area (Å²) in [5.41, 5.74) is 1.04. The van der Waals surface area contributed by atoms with E-state index in [9.17, 15) is 4.79 Å². The summed E-state index contributed by atoms with van der Waals surface area (Å²) in [5.74, 6) is 2.84. The first-order valence-corrected chi connectivity index (χ1v) is 15.6. The molecule has 3 aromatic rings. The zero-order chi connectivity index (χ0) is 27.7. The quantitative estimate of drug-likeness (QED) is 0.241. The lowest BCUT2D eigenvalue weighted by Gasteiger charge is -2.19. The van der Waals surface area contributed by atoms with Gasteiger partial charge in [-0.2, -0.15) is 0 Å². The number of carbonyl (C=O) groups is 1. The van der Waals surface area contributed by atoms with E-state index in [1.807, 2.05) is 47.6 Å². The molecule has 0 radical (unpaired) electrons. The second kappa shape index (κ2) is 11.1. The second-order valence-corrected chi connectivity index (χ2v) is 13.5. The van der Waals surface area contributed by atoms with Gasteiger partial charge in [-0.25, -0.2) is 0 Å². The second-order valence-electron chi connectivity index (χ2n) is 10.6. The monoisotopic (exact) mass is 528 g/mol. The average molecular weight is 529 g/mol. The molecule has 0 unspecified atom stereocenters. The van der Waals surface area contributed by atoms with Crippen LogP contribution in [0.5, 0.6) is 28.7 Å². The van der Waals surface area contributed by atoms with Gasteiger partial charge in [0.05, 0.1) is 48.4 Å². The molecule has 0 amide bonds. The van der Waals surface area contributed by atoms with Crippen LogP contribution in [0.15, 0.2) is 22.6 Å². The lowest BCUT2D eigenvalue weighted by atomic mass is 9.87. The molecule has 0 spiro atoms. The van der Waals surface area contributed by atoms with Gasteiger partial charge in [0.25, 0.3) is 0 Å². The van der Waals surface area contributed by atoms with Crippen LogP contribution in [-0.4, -0.2) is 48.6 Å². The molecule has 0 aliphatic heterocycles. The van der Waals surface area contributed by atoms with E-state index in [1.54, 1.807) is 12.1 Å². The van der Waals surface area contributed by atoms with Crippen molar-refractivity contribution < 1.29 is 32.9 Å². The van der Waals surface area contributed by atoms with Crippen molar-refractivity contribution >= 4 is 30.7 Å². The molecule has 1 aromatic heterocycles. The zero-order valence-electron chi connectivity index (χ0n) is 24.0. The summed E-state index contributed by atoms with van der Waals surface area (Å²) in [6.45, 7) is 16.9. The standard InChI is InChI=1S/C29H40O7Si/c1-12-34-20-15-21(37(10)11)22-23(28(29(4,5)6)36-27(22)26(20)35-16(2)3)24(30)17-13-18(31-7)25(33-9)19(14-17)32-8/h13-16,37H,12H2,1-11H3. The Morgan fingerprint density at radius 1 is 0.946 bits per heavy atom. The topological polar surface area (TPSA) is 76.4 Å². The van der Waals surface area contributed by atoms with Gasteiger partial charge in [-0.15, -0.1) is 0 Å². The van der Waals surface area contributed by atoms with Gasteiger partial charge < -0.3 is 28.1 Å². The van der Waals surface area contributed by atoms with Gasteiger partial charge in [0.2, 0.25) is 11.5 Å². The number of methoxy groups -OCH3 is 3. The molecule has 0 atom stereocenters. The number of hydrogen-bond acceptors (Lipinski definition) is 7. The van der Waals surface area contributed by atoms with Crippen molar-refractivity contribution in [3.05, 3.63) is 35.1 Å². The summed E-state index contributed by atoms with van der Waals surface area (Å²) in [5, 5.41) is 1.88. The molecule has 37 heavy (non-hydrogen) atoms. The highest BCUT2D eigenvalue weighted by Gasteiger charge is 2.35. The highest BCUT2D eigenvalue weighted by Crippen LogP contribution is 2.45. The SMILES string of the molecule is CCOc1cc([SiH](C)C)c2c(C(=O)c3cc(OC)c(OC)c(OC)c3)c(C(C)(C)C)oc2c1OC(C)C. The molecule has 3 rings (SSSR count). The van der Waals surface area contributed by atoms with Gasteiger partial charge in [-0.1, -0.05) is 33.9 Å². The van der Waals surface area contributed by atoms with Crippen LogP contribution in [0.25, 0.3) is 11.0 Å². The zero-order valence-corrected chi connectivity index (χ0v) is 25.1. The van der Waals surface area contributed by atoms with Crippen LogP contribution in [0.2, 0.25) is 13.1 Å². The number of fused-ring (bicyclic) bond motifs is 1. The van der Waals surface area contributed by atoms with Crippen LogP contribution in [0.3, 0.4) is 0 Å². The lowest BCUT2D eigenvalue weighted by molar-refractivity contribution is 0.103. The van der Waals surface area contributed by atoms with E-state index in [4.69, 9.17) is 28.1 Å². The van der Waals surface area contributed by atoms with E-state index in [0.29, 0.717) is 57.8 Å². The van der Waals surface area contributed by atoms with Crippen molar-refractivity contribution in [2.24, 2.45) is 0 Å². The van der Waals surface area contributed by atoms with Crippen molar-refractivity contribution in [1.29, 1.82) is 0 Å². The summed E-state index contributed by atoms with van der Waals surface area (Å²) in [6.07, 6.45) is -0.109. The third-order valence-electron chi connectivity index (χ3n) is 6.02. The minimum absolute atomic E-state index is 0.109. The fourth-order valence-corrected chi connectivity index (χ4v) is 5.76. The van der Waals surface area contributed by atoms with Gasteiger partial charge >= 0.3 is 0 Å². The Labute approximate surface area is 221 Å². The molecular weight excluding hydrogens is 488 g/mol. The van der Waals surface area contributed by atoms with Crippen molar-refractivity contribution in [2.45, 2.75) is 66.2 Å². The van der Waals surface area contributed by atoms with E-state index >= 15 is 0 Å². The van der Waals surface area contributed by atoms with Crippen molar-refractivity contribution in [2.75, 3.05) is 27.9 Å². The predicted octanol–water partition coefficient (Wildman–Crippen LogP) is 5.87. The van der Waals surface area contributed by atoms with E-state index in [1.165, 1.54) is 21.3 Å². The minimum Gasteiger partial charge on any atom is -0.493 e. The van der Waals surface area contributed by atoms with Crippen molar-refractivity contribution in [3.63, 3.8) is 0 Å². The number of benzene rings is 2. The molecule has 0 fully saturated rings. The molecule has 0 aliphatic carbocycles. The summed E-state index contributed by atoms with van der Waals surface area (Å²) in [6, 6.07) is 5.40. The molecule has 0 aliphatic rings. The van der Waals surface area contributed by atoms with E-state index < -0.39 is 14.2 Å². The first kappa shape index (κ1) is 28.4. The number of ketones is 1. The van der Waals surface area contributed by atoms with Gasteiger partial charge in [-0.3, -0.25) is 4.79 Å². The van der Waals surface area contributed by atoms with Crippen LogP contribution in [-0.2, 0) is 5.41 Å². The molecule has 0 saturated heterocycles. The normalized spacial score (nSPS) is 11.8. The first-order chi connectivity index (χ1) is 17.4. The lowest BCUT2D eigenvalue weighted by Crippen LogP contribution is -2.26. The number of hydrogen-bond donors (Lipinski definition) is 0. The highest BCUT2D eigenvalue weighted by atomic mass is 28.3. The van der Waals surface area contributed by atoms with Gasteiger partial charge in [0, 0.05) is 16.4 Å². The largest absolute Gasteiger partial charge is 0.493 e. The van der Waals surface area contributed by atoms with E-state index in [2.05, 4.69) is 13.1 Å². The summed E-state index contributed by atoms with van der Waals surface area (Å²) >= 11 is 0. The molecule has 1 heterocycles. The van der Waals surface area contributed by atoms with Crippen LogP contribution in [0.1, 0.15) is 63.2 Å². The maximum atomic E-state index is 14.4. The maximum Gasteiger partial charge on any atom is 0.205 e. The van der Waals surface area contributed by atoms with Gasteiger partial charge in [-0.05, 0) is 44.2 Å². The van der Waals surface area contributed by atoms with Gasteiger partial charge in [0.15, 0.2) is 28.6 Å². The molecule has 2 aromatic carbocycles. The molecule has 202 valence electrons. The fourth-order valence-electron chi connectivity index (χ4n) is 4.42. The van der Waals surface area contributed by atoms with Crippen molar-refractivity contribution in [3.8, 4) is 28.7 Å². The van der Waals surface area contributed by atoms with Gasteiger partial charge in [0.1, 0.15) is 5.76 Å². The Kier molecular flexibility index (Phi) is 8.52. The maximum absolute atomic E-state index is 14.4. The average Bonchev–Trinajstić information content (AvgIpc) is 3.24. The van der Waals surface area contributed by atoms with Crippen LogP contribution in [0, 0.1) is 0 Å². The number of carbonyl (C=O) groups excluding carboxylic acids is 1. The Balaban J connectivity index is 2.48. The van der Waals surface area contributed by atoms with E-state index in [-0.39, 0.29) is 11.9 Å². The third-order valence-corrected chi connectivity index (χ3v) is 7.72.